The molecule has 2 atom stereocenters. The molecule has 0 amide bonds. The van der Waals surface area contributed by atoms with E-state index >= 15 is 0 Å². The highest BCUT2D eigenvalue weighted by molar-refractivity contribution is 7.15. The molecule has 3 N–H and O–H groups in total. The number of aliphatic hydroxyl groups is 1. The third-order valence-corrected chi connectivity index (χ3v) is 10.1. The van der Waals surface area contributed by atoms with Gasteiger partial charge < -0.3 is 15.6 Å². The number of likely N-dealkylation sites (tertiary alicyclic amines) is 1. The SMILES string of the molecule is CC(C)(C)c1cc(C#CC2(O)CC2F)cc(COc2cc(-c3cnc(C4CCN(C(C)(C)C)CC4)s3)cnc2N)c1C(C)(C)C. The highest BCUT2D eigenvalue weighted by atomic mass is 32.1. The molecule has 1 aromatic carbocycles. The molecule has 2 unspecified atom stereocenters. The number of hydrogen-bond acceptors (Lipinski definition) is 7. The first kappa shape index (κ1) is 33.4. The van der Waals surface area contributed by atoms with Crippen LogP contribution >= 0.6 is 11.3 Å². The van der Waals surface area contributed by atoms with Crippen LogP contribution in [0.2, 0.25) is 0 Å². The monoisotopic (exact) mass is 632 g/mol. The van der Waals surface area contributed by atoms with Gasteiger partial charge in [-0.3, -0.25) is 4.90 Å². The number of nitrogen functional groups attached to an aromatic ring is 1. The van der Waals surface area contributed by atoms with Crippen molar-refractivity contribution in [2.45, 2.75) is 122 Å². The van der Waals surface area contributed by atoms with Crippen molar-refractivity contribution in [2.24, 2.45) is 0 Å². The molecule has 1 aliphatic carbocycles. The minimum Gasteiger partial charge on any atom is -0.485 e. The highest BCUT2D eigenvalue weighted by Gasteiger charge is 2.53. The van der Waals surface area contributed by atoms with E-state index in [4.69, 9.17) is 15.5 Å². The van der Waals surface area contributed by atoms with Gasteiger partial charge >= 0.3 is 0 Å². The number of piperidine rings is 1. The molecule has 3 aromatic rings. The Balaban J connectivity index is 1.41. The lowest BCUT2D eigenvalue weighted by Gasteiger charge is -2.40. The average Bonchev–Trinajstić information content (AvgIpc) is 3.29. The standard InChI is InChI=1S/C37H49FN4O2S/c1-34(2,3)27-17-23(10-13-37(43)19-30(37)38)16-26(31(27)35(4,5)6)22-44-28-18-25(20-40-32(28)39)29-21-41-33(45-29)24-11-14-42(15-12-24)36(7,8)9/h16-18,20-21,24,30,43H,11-12,14-15,19,22H2,1-9H3,(H2,39,40). The molecule has 2 aromatic heterocycles. The second kappa shape index (κ2) is 12.0. The molecular formula is C37H49FN4O2S. The molecule has 6 nitrogen and oxygen atoms in total. The summed E-state index contributed by atoms with van der Waals surface area (Å²) in [6.07, 6.45) is 4.73. The second-order valence-corrected chi connectivity index (χ2v) is 16.9. The van der Waals surface area contributed by atoms with Gasteiger partial charge in [0.2, 0.25) is 0 Å². The molecule has 1 saturated heterocycles. The highest BCUT2D eigenvalue weighted by Crippen LogP contribution is 2.41. The van der Waals surface area contributed by atoms with Crippen LogP contribution in [0.15, 0.2) is 30.6 Å². The van der Waals surface area contributed by atoms with Crippen molar-refractivity contribution in [3.8, 4) is 28.0 Å². The van der Waals surface area contributed by atoms with Gasteiger partial charge in [-0.05, 0) is 92.4 Å². The normalized spacial score (nSPS) is 21.4. The number of rotatable bonds is 5. The Kier molecular flexibility index (Phi) is 8.89. The van der Waals surface area contributed by atoms with Crippen molar-refractivity contribution in [3.63, 3.8) is 0 Å². The molecule has 8 heteroatoms. The van der Waals surface area contributed by atoms with Gasteiger partial charge in [-0.25, -0.2) is 14.4 Å². The van der Waals surface area contributed by atoms with Gasteiger partial charge in [0.15, 0.2) is 17.2 Å². The number of hydrogen-bond donors (Lipinski definition) is 2. The van der Waals surface area contributed by atoms with Crippen LogP contribution in [0.3, 0.4) is 0 Å². The molecule has 242 valence electrons. The van der Waals surface area contributed by atoms with Crippen LogP contribution in [-0.2, 0) is 17.4 Å². The third-order valence-electron chi connectivity index (χ3n) is 8.92. The summed E-state index contributed by atoms with van der Waals surface area (Å²) in [5.74, 6) is 7.12. The molecule has 5 rings (SSSR count). The first-order chi connectivity index (χ1) is 20.8. The lowest BCUT2D eigenvalue weighted by Crippen LogP contribution is -2.45. The number of nitrogens with two attached hydrogens (primary N) is 1. The zero-order valence-electron chi connectivity index (χ0n) is 28.3. The van der Waals surface area contributed by atoms with Crippen molar-refractivity contribution in [2.75, 3.05) is 18.8 Å². The van der Waals surface area contributed by atoms with E-state index in [1.54, 1.807) is 17.5 Å². The zero-order valence-corrected chi connectivity index (χ0v) is 29.2. The predicted molar refractivity (Wildman–Crippen MR) is 183 cm³/mol. The predicted octanol–water partition coefficient (Wildman–Crippen LogP) is 7.76. The van der Waals surface area contributed by atoms with Gasteiger partial charge in [-0.15, -0.1) is 11.3 Å². The van der Waals surface area contributed by atoms with Crippen LogP contribution in [0.4, 0.5) is 10.2 Å². The molecule has 1 aliphatic heterocycles. The van der Waals surface area contributed by atoms with Crippen molar-refractivity contribution < 1.29 is 14.2 Å². The number of aromatic nitrogens is 2. The summed E-state index contributed by atoms with van der Waals surface area (Å²) in [6.45, 7) is 22.4. The maximum absolute atomic E-state index is 13.7. The fourth-order valence-electron chi connectivity index (χ4n) is 6.16. The molecule has 0 radical (unpaired) electrons. The van der Waals surface area contributed by atoms with E-state index in [1.807, 2.05) is 18.3 Å². The van der Waals surface area contributed by atoms with Gasteiger partial charge in [0, 0.05) is 41.4 Å². The first-order valence-corrected chi connectivity index (χ1v) is 16.8. The van der Waals surface area contributed by atoms with Crippen molar-refractivity contribution >= 4 is 17.2 Å². The first-order valence-electron chi connectivity index (χ1n) is 16.0. The zero-order chi connectivity index (χ0) is 32.9. The summed E-state index contributed by atoms with van der Waals surface area (Å²) in [7, 11) is 0. The molecule has 3 heterocycles. The Morgan fingerprint density at radius 3 is 2.27 bits per heavy atom. The molecule has 2 aliphatic rings. The fraction of sp³-hybridized carbons (Fsp3) is 0.568. The van der Waals surface area contributed by atoms with Crippen molar-refractivity contribution in [1.29, 1.82) is 0 Å². The van der Waals surface area contributed by atoms with Crippen LogP contribution in [0.5, 0.6) is 5.75 Å². The maximum Gasteiger partial charge on any atom is 0.166 e. The van der Waals surface area contributed by atoms with Gasteiger partial charge in [-0.2, -0.15) is 0 Å². The Bertz CT molecular complexity index is 1610. The van der Waals surface area contributed by atoms with Gasteiger partial charge in [0.1, 0.15) is 12.8 Å². The summed E-state index contributed by atoms with van der Waals surface area (Å²) in [4.78, 5) is 12.9. The Morgan fingerprint density at radius 1 is 1.02 bits per heavy atom. The molecule has 2 fully saturated rings. The number of pyridine rings is 1. The van der Waals surface area contributed by atoms with Crippen LogP contribution in [-0.4, -0.2) is 50.4 Å². The topological polar surface area (TPSA) is 84.5 Å². The molecule has 0 spiro atoms. The Labute approximate surface area is 272 Å². The summed E-state index contributed by atoms with van der Waals surface area (Å²) >= 11 is 1.73. The van der Waals surface area contributed by atoms with Gasteiger partial charge in [0.25, 0.3) is 0 Å². The van der Waals surface area contributed by atoms with Crippen molar-refractivity contribution in [1.82, 2.24) is 14.9 Å². The smallest absolute Gasteiger partial charge is 0.166 e. The minimum atomic E-state index is -1.54. The fourth-order valence-corrected chi connectivity index (χ4v) is 7.23. The van der Waals surface area contributed by atoms with E-state index in [0.29, 0.717) is 17.5 Å². The molecule has 1 saturated carbocycles. The number of alkyl halides is 1. The number of anilines is 1. The van der Waals surface area contributed by atoms with E-state index < -0.39 is 11.8 Å². The molecule has 0 bridgehead atoms. The minimum absolute atomic E-state index is 0.0580. The summed E-state index contributed by atoms with van der Waals surface area (Å²) < 4.78 is 20.1. The van der Waals surface area contributed by atoms with Crippen LogP contribution in [0.1, 0.15) is 115 Å². The van der Waals surface area contributed by atoms with E-state index in [2.05, 4.69) is 90.1 Å². The van der Waals surface area contributed by atoms with Gasteiger partial charge in [0.05, 0.1) is 9.88 Å². The lowest BCUT2D eigenvalue weighted by molar-refractivity contribution is 0.102. The van der Waals surface area contributed by atoms with Crippen LogP contribution in [0, 0.1) is 11.8 Å². The number of ether oxygens (including phenoxy) is 1. The number of thiazole rings is 1. The molecule has 45 heavy (non-hydrogen) atoms. The number of nitrogens with zero attached hydrogens (tertiary/aromatic N) is 3. The van der Waals surface area contributed by atoms with E-state index in [1.165, 1.54) is 10.6 Å². The Morgan fingerprint density at radius 2 is 1.69 bits per heavy atom. The Hall–Kier alpha value is -2.99. The number of halogens is 1. The average molecular weight is 633 g/mol. The van der Waals surface area contributed by atoms with Crippen LogP contribution < -0.4 is 10.5 Å². The van der Waals surface area contributed by atoms with E-state index in [-0.39, 0.29) is 29.4 Å². The molecular weight excluding hydrogens is 583 g/mol. The summed E-state index contributed by atoms with van der Waals surface area (Å²) in [5.41, 5.74) is 9.59. The van der Waals surface area contributed by atoms with E-state index in [0.717, 1.165) is 53.1 Å². The number of benzene rings is 1. The van der Waals surface area contributed by atoms with Crippen LogP contribution in [0.25, 0.3) is 10.4 Å². The summed E-state index contributed by atoms with van der Waals surface area (Å²) in [5, 5.41) is 11.4. The van der Waals surface area contributed by atoms with Crippen molar-refractivity contribution in [3.05, 3.63) is 57.9 Å². The maximum atomic E-state index is 13.7. The quantitative estimate of drug-likeness (QED) is 0.280. The van der Waals surface area contributed by atoms with Gasteiger partial charge in [-0.1, -0.05) is 53.4 Å². The van der Waals surface area contributed by atoms with E-state index in [9.17, 15) is 9.50 Å². The lowest BCUT2D eigenvalue weighted by atomic mass is 9.72. The third kappa shape index (κ3) is 7.53. The summed E-state index contributed by atoms with van der Waals surface area (Å²) in [6, 6.07) is 6.02. The second-order valence-electron chi connectivity index (χ2n) is 15.8. The largest absolute Gasteiger partial charge is 0.485 e.